The minimum Gasteiger partial charge on any atom is -0.311 e. The van der Waals surface area contributed by atoms with E-state index in [0.29, 0.717) is 6.04 Å². The van der Waals surface area contributed by atoms with Gasteiger partial charge in [0.25, 0.3) is 0 Å². The zero-order valence-electron chi connectivity index (χ0n) is 13.6. The molecule has 1 aromatic rings. The zero-order valence-corrected chi connectivity index (χ0v) is 13.6. The van der Waals surface area contributed by atoms with Crippen LogP contribution in [0.3, 0.4) is 0 Å². The Morgan fingerprint density at radius 2 is 2.00 bits per heavy atom. The first kappa shape index (κ1) is 15.1. The van der Waals surface area contributed by atoms with Gasteiger partial charge in [0.1, 0.15) is 0 Å². The molecular formula is C19H30N2. The number of piperazine rings is 1. The Morgan fingerprint density at radius 1 is 1.24 bits per heavy atom. The maximum atomic E-state index is 3.78. The van der Waals surface area contributed by atoms with Gasteiger partial charge in [-0.1, -0.05) is 50.1 Å². The molecule has 0 aromatic heterocycles. The molecule has 3 unspecified atom stereocenters. The third-order valence-electron chi connectivity index (χ3n) is 5.28. The topological polar surface area (TPSA) is 15.3 Å². The second kappa shape index (κ2) is 6.93. The fraction of sp³-hybridized carbons (Fsp3) is 0.684. The van der Waals surface area contributed by atoms with Gasteiger partial charge in [0, 0.05) is 31.2 Å². The Balaban J connectivity index is 1.60. The van der Waals surface area contributed by atoms with E-state index in [1.54, 1.807) is 0 Å². The molecular weight excluding hydrogens is 256 g/mol. The molecule has 3 rings (SSSR count). The summed E-state index contributed by atoms with van der Waals surface area (Å²) in [7, 11) is 0. The lowest BCUT2D eigenvalue weighted by atomic mass is 9.97. The lowest BCUT2D eigenvalue weighted by molar-refractivity contribution is 0.0795. The second-order valence-electron chi connectivity index (χ2n) is 7.08. The summed E-state index contributed by atoms with van der Waals surface area (Å²) in [6.45, 7) is 7.15. The first-order valence-electron chi connectivity index (χ1n) is 8.79. The number of nitrogens with zero attached hydrogens (tertiary/aromatic N) is 1. The fourth-order valence-corrected chi connectivity index (χ4v) is 3.81. The van der Waals surface area contributed by atoms with Crippen molar-refractivity contribution in [2.45, 2.75) is 64.1 Å². The predicted molar refractivity (Wildman–Crippen MR) is 89.5 cm³/mol. The summed E-state index contributed by atoms with van der Waals surface area (Å²) in [5.41, 5.74) is 1.46. The zero-order chi connectivity index (χ0) is 14.7. The molecule has 0 bridgehead atoms. The molecule has 1 N–H and O–H groups in total. The van der Waals surface area contributed by atoms with E-state index < -0.39 is 0 Å². The molecule has 1 aliphatic heterocycles. The van der Waals surface area contributed by atoms with Gasteiger partial charge in [0.2, 0.25) is 0 Å². The quantitative estimate of drug-likeness (QED) is 0.861. The van der Waals surface area contributed by atoms with Gasteiger partial charge in [-0.2, -0.15) is 0 Å². The van der Waals surface area contributed by atoms with E-state index in [1.807, 2.05) is 0 Å². The highest BCUT2D eigenvalue weighted by Gasteiger charge is 2.33. The van der Waals surface area contributed by atoms with Gasteiger partial charge in [-0.05, 0) is 37.7 Å². The first-order chi connectivity index (χ1) is 10.3. The molecule has 21 heavy (non-hydrogen) atoms. The van der Waals surface area contributed by atoms with Gasteiger partial charge in [0.05, 0.1) is 0 Å². The summed E-state index contributed by atoms with van der Waals surface area (Å²) in [4.78, 5) is 2.79. The van der Waals surface area contributed by atoms with Gasteiger partial charge in [-0.15, -0.1) is 0 Å². The molecule has 1 aliphatic carbocycles. The van der Waals surface area contributed by atoms with Gasteiger partial charge in [-0.25, -0.2) is 0 Å². The maximum absolute atomic E-state index is 3.78. The Hall–Kier alpha value is -0.860. The molecule has 3 atom stereocenters. The highest BCUT2D eigenvalue weighted by molar-refractivity contribution is 5.16. The molecule has 1 heterocycles. The van der Waals surface area contributed by atoms with Crippen LogP contribution in [-0.2, 0) is 6.42 Å². The lowest BCUT2D eigenvalue weighted by Gasteiger charge is -2.44. The molecule has 1 saturated carbocycles. The van der Waals surface area contributed by atoms with Crippen LogP contribution in [-0.4, -0.2) is 36.1 Å². The summed E-state index contributed by atoms with van der Waals surface area (Å²) < 4.78 is 0. The fourth-order valence-electron chi connectivity index (χ4n) is 3.81. The molecule has 1 saturated heterocycles. The van der Waals surface area contributed by atoms with Crippen molar-refractivity contribution in [2.75, 3.05) is 13.1 Å². The van der Waals surface area contributed by atoms with Crippen LogP contribution in [0, 0.1) is 5.92 Å². The summed E-state index contributed by atoms with van der Waals surface area (Å²) >= 11 is 0. The van der Waals surface area contributed by atoms with Crippen LogP contribution in [0.5, 0.6) is 0 Å². The molecule has 116 valence electrons. The van der Waals surface area contributed by atoms with Gasteiger partial charge in [-0.3, -0.25) is 4.90 Å². The molecule has 2 fully saturated rings. The van der Waals surface area contributed by atoms with Crippen molar-refractivity contribution in [3.05, 3.63) is 35.9 Å². The lowest BCUT2D eigenvalue weighted by Crippen LogP contribution is -2.59. The predicted octanol–water partition coefficient (Wildman–Crippen LogP) is 3.47. The van der Waals surface area contributed by atoms with Crippen molar-refractivity contribution in [1.29, 1.82) is 0 Å². The third kappa shape index (κ3) is 4.08. The Kier molecular flexibility index (Phi) is 4.97. The number of hydrogen-bond acceptors (Lipinski definition) is 2. The van der Waals surface area contributed by atoms with Crippen LogP contribution in [0.25, 0.3) is 0 Å². The molecule has 0 spiro atoms. The molecule has 2 aliphatic rings. The van der Waals surface area contributed by atoms with Crippen LogP contribution in [0.2, 0.25) is 0 Å². The van der Waals surface area contributed by atoms with E-state index in [-0.39, 0.29) is 0 Å². The average Bonchev–Trinajstić information content (AvgIpc) is 3.32. The van der Waals surface area contributed by atoms with Crippen molar-refractivity contribution in [3.8, 4) is 0 Å². The molecule has 1 aromatic carbocycles. The number of nitrogens with one attached hydrogen (secondary N) is 1. The van der Waals surface area contributed by atoms with E-state index in [4.69, 9.17) is 0 Å². The molecule has 0 amide bonds. The first-order valence-corrected chi connectivity index (χ1v) is 8.79. The second-order valence-corrected chi connectivity index (χ2v) is 7.08. The monoisotopic (exact) mass is 286 g/mol. The summed E-state index contributed by atoms with van der Waals surface area (Å²) in [6.07, 6.45) is 6.78. The molecule has 2 nitrogen and oxygen atoms in total. The van der Waals surface area contributed by atoms with Crippen molar-refractivity contribution in [3.63, 3.8) is 0 Å². The summed E-state index contributed by atoms with van der Waals surface area (Å²) in [5.74, 6) is 1.03. The van der Waals surface area contributed by atoms with Crippen molar-refractivity contribution < 1.29 is 0 Å². The van der Waals surface area contributed by atoms with Crippen LogP contribution < -0.4 is 5.32 Å². The summed E-state index contributed by atoms with van der Waals surface area (Å²) in [5, 5.41) is 3.78. The third-order valence-corrected chi connectivity index (χ3v) is 5.28. The SMILES string of the molecule is CCC1CNC(Cc2ccccc2)CN1C(C)CC1CC1. The Labute approximate surface area is 129 Å². The minimum atomic E-state index is 0.608. The molecule has 0 radical (unpaired) electrons. The standard InChI is InChI=1S/C19H30N2/c1-3-19-13-20-18(12-16-7-5-4-6-8-16)14-21(19)15(2)11-17-9-10-17/h4-8,15,17-20H,3,9-14H2,1-2H3. The van der Waals surface area contributed by atoms with Crippen LogP contribution in [0.1, 0.15) is 45.1 Å². The van der Waals surface area contributed by atoms with E-state index in [9.17, 15) is 0 Å². The van der Waals surface area contributed by atoms with Gasteiger partial charge in [0.15, 0.2) is 0 Å². The minimum absolute atomic E-state index is 0.608. The van der Waals surface area contributed by atoms with Crippen LogP contribution >= 0.6 is 0 Å². The number of benzene rings is 1. The van der Waals surface area contributed by atoms with E-state index in [1.165, 1.54) is 37.8 Å². The Bertz CT molecular complexity index is 426. The van der Waals surface area contributed by atoms with Crippen molar-refractivity contribution in [1.82, 2.24) is 10.2 Å². The van der Waals surface area contributed by atoms with E-state index >= 15 is 0 Å². The van der Waals surface area contributed by atoms with Crippen LogP contribution in [0.15, 0.2) is 30.3 Å². The summed E-state index contributed by atoms with van der Waals surface area (Å²) in [6, 6.07) is 13.0. The van der Waals surface area contributed by atoms with Gasteiger partial charge >= 0.3 is 0 Å². The number of rotatable bonds is 6. The Morgan fingerprint density at radius 3 is 2.67 bits per heavy atom. The van der Waals surface area contributed by atoms with E-state index in [2.05, 4.69) is 54.4 Å². The smallest absolute Gasteiger partial charge is 0.0236 e. The maximum Gasteiger partial charge on any atom is 0.0236 e. The normalized spacial score (nSPS) is 28.5. The highest BCUT2D eigenvalue weighted by atomic mass is 15.2. The highest BCUT2D eigenvalue weighted by Crippen LogP contribution is 2.35. The largest absolute Gasteiger partial charge is 0.311 e. The van der Waals surface area contributed by atoms with Gasteiger partial charge < -0.3 is 5.32 Å². The van der Waals surface area contributed by atoms with Crippen LogP contribution in [0.4, 0.5) is 0 Å². The number of hydrogen-bond donors (Lipinski definition) is 1. The molecule has 2 heteroatoms. The van der Waals surface area contributed by atoms with E-state index in [0.717, 1.165) is 31.0 Å². The van der Waals surface area contributed by atoms with Crippen molar-refractivity contribution in [2.24, 2.45) is 5.92 Å². The van der Waals surface area contributed by atoms with Crippen molar-refractivity contribution >= 4 is 0 Å². The average molecular weight is 286 g/mol.